The van der Waals surface area contributed by atoms with Crippen LogP contribution in [0.1, 0.15) is 24.9 Å². The third-order valence-electron chi connectivity index (χ3n) is 3.05. The van der Waals surface area contributed by atoms with Gasteiger partial charge in [-0.25, -0.2) is 13.4 Å². The van der Waals surface area contributed by atoms with Gasteiger partial charge in [-0.1, -0.05) is 6.92 Å². The van der Waals surface area contributed by atoms with Gasteiger partial charge in [-0.15, -0.1) is 0 Å². The number of carboxylic acids is 1. The van der Waals surface area contributed by atoms with Crippen LogP contribution in [0.3, 0.4) is 0 Å². The summed E-state index contributed by atoms with van der Waals surface area (Å²) < 4.78 is 22.9. The molecule has 6 nitrogen and oxygen atoms in total. The van der Waals surface area contributed by atoms with E-state index in [1.165, 1.54) is 6.20 Å². The van der Waals surface area contributed by atoms with Crippen molar-refractivity contribution in [3.63, 3.8) is 0 Å². The van der Waals surface area contributed by atoms with E-state index in [2.05, 4.69) is 9.97 Å². The predicted molar refractivity (Wildman–Crippen MR) is 60.6 cm³/mol. The van der Waals surface area contributed by atoms with E-state index >= 15 is 0 Å². The van der Waals surface area contributed by atoms with Crippen LogP contribution < -0.4 is 0 Å². The van der Waals surface area contributed by atoms with Crippen LogP contribution in [-0.4, -0.2) is 41.0 Å². The first-order valence-electron chi connectivity index (χ1n) is 5.27. The molecule has 1 saturated heterocycles. The normalized spacial score (nSPS) is 27.1. The number of imidazole rings is 1. The summed E-state index contributed by atoms with van der Waals surface area (Å²) in [6.07, 6.45) is 1.85. The molecule has 1 fully saturated rings. The van der Waals surface area contributed by atoms with E-state index in [-0.39, 0.29) is 17.9 Å². The summed E-state index contributed by atoms with van der Waals surface area (Å²) in [7, 11) is -2.99. The molecule has 0 spiro atoms. The molecule has 0 saturated carbocycles. The van der Waals surface area contributed by atoms with Crippen LogP contribution in [0.4, 0.5) is 0 Å². The molecule has 1 aliphatic rings. The van der Waals surface area contributed by atoms with Crippen molar-refractivity contribution in [2.75, 3.05) is 11.5 Å². The van der Waals surface area contributed by atoms with Crippen LogP contribution >= 0.6 is 0 Å². The molecule has 1 unspecified atom stereocenters. The molecule has 0 radical (unpaired) electrons. The highest BCUT2D eigenvalue weighted by Crippen LogP contribution is 2.33. The van der Waals surface area contributed by atoms with Crippen molar-refractivity contribution in [2.24, 2.45) is 0 Å². The smallest absolute Gasteiger partial charge is 0.309 e. The van der Waals surface area contributed by atoms with Crippen molar-refractivity contribution in [3.8, 4) is 0 Å². The Hall–Kier alpha value is -1.37. The van der Waals surface area contributed by atoms with Crippen LogP contribution in [0.5, 0.6) is 0 Å². The van der Waals surface area contributed by atoms with E-state index in [4.69, 9.17) is 5.11 Å². The molecular formula is C10H14N2O4S. The van der Waals surface area contributed by atoms with E-state index < -0.39 is 21.2 Å². The first-order valence-corrected chi connectivity index (χ1v) is 7.09. The minimum absolute atomic E-state index is 0.0695. The summed E-state index contributed by atoms with van der Waals surface area (Å²) in [5.74, 6) is -0.141. The van der Waals surface area contributed by atoms with Gasteiger partial charge in [0, 0.05) is 17.3 Å². The Labute approximate surface area is 99.0 Å². The van der Waals surface area contributed by atoms with Crippen molar-refractivity contribution in [2.45, 2.75) is 25.2 Å². The molecule has 2 N–H and O–H groups in total. The minimum atomic E-state index is -2.99. The quantitative estimate of drug-likeness (QED) is 0.801. The summed E-state index contributed by atoms with van der Waals surface area (Å²) >= 11 is 0. The van der Waals surface area contributed by atoms with Crippen LogP contribution in [0.25, 0.3) is 0 Å². The molecule has 7 heteroatoms. The molecule has 1 aromatic heterocycles. The highest BCUT2D eigenvalue weighted by molar-refractivity contribution is 7.91. The number of nitrogens with zero attached hydrogens (tertiary/aromatic N) is 1. The molecule has 1 atom stereocenters. The SMILES string of the molecule is CC1(c2ncc(CC(=O)O)[nH]2)CCS(=O)(=O)C1. The van der Waals surface area contributed by atoms with E-state index in [9.17, 15) is 13.2 Å². The Morgan fingerprint density at radius 3 is 2.88 bits per heavy atom. The van der Waals surface area contributed by atoms with Gasteiger partial charge in [-0.3, -0.25) is 4.79 Å². The van der Waals surface area contributed by atoms with Gasteiger partial charge < -0.3 is 10.1 Å². The molecule has 0 aromatic carbocycles. The van der Waals surface area contributed by atoms with E-state index in [1.54, 1.807) is 0 Å². The fourth-order valence-electron chi connectivity index (χ4n) is 2.12. The molecule has 0 bridgehead atoms. The largest absolute Gasteiger partial charge is 0.481 e. The summed E-state index contributed by atoms with van der Waals surface area (Å²) in [4.78, 5) is 17.6. The number of aromatic amines is 1. The second-order valence-electron chi connectivity index (χ2n) is 4.73. The molecule has 0 aliphatic carbocycles. The molecule has 2 heterocycles. The molecule has 2 rings (SSSR count). The molecule has 94 valence electrons. The average molecular weight is 258 g/mol. The standard InChI is InChI=1S/C10H14N2O4S/c1-10(2-3-17(15,16)6-10)9-11-5-7(12-9)4-8(13)14/h5H,2-4,6H2,1H3,(H,11,12)(H,13,14). The number of hydrogen-bond acceptors (Lipinski definition) is 4. The summed E-state index contributed by atoms with van der Waals surface area (Å²) in [5.41, 5.74) is -0.0201. The highest BCUT2D eigenvalue weighted by atomic mass is 32.2. The van der Waals surface area contributed by atoms with Crippen molar-refractivity contribution in [1.82, 2.24) is 9.97 Å². The number of nitrogens with one attached hydrogen (secondary N) is 1. The summed E-state index contributed by atoms with van der Waals surface area (Å²) in [5, 5.41) is 8.65. The molecular weight excluding hydrogens is 244 g/mol. The number of hydrogen-bond donors (Lipinski definition) is 2. The first-order chi connectivity index (χ1) is 7.81. The lowest BCUT2D eigenvalue weighted by Gasteiger charge is -2.18. The Bertz CT molecular complexity index is 548. The average Bonchev–Trinajstić information content (AvgIpc) is 2.71. The third kappa shape index (κ3) is 2.49. The fraction of sp³-hybridized carbons (Fsp3) is 0.600. The van der Waals surface area contributed by atoms with Gasteiger partial charge in [0.2, 0.25) is 0 Å². The fourth-order valence-corrected chi connectivity index (χ4v) is 4.27. The molecule has 1 aromatic rings. The lowest BCUT2D eigenvalue weighted by molar-refractivity contribution is -0.136. The van der Waals surface area contributed by atoms with Gasteiger partial charge in [0.1, 0.15) is 5.82 Å². The van der Waals surface area contributed by atoms with E-state index in [0.29, 0.717) is 17.9 Å². The van der Waals surface area contributed by atoms with E-state index in [1.807, 2.05) is 6.92 Å². The Morgan fingerprint density at radius 1 is 1.65 bits per heavy atom. The molecule has 1 aliphatic heterocycles. The van der Waals surface area contributed by atoms with Crippen molar-refractivity contribution in [3.05, 3.63) is 17.7 Å². The van der Waals surface area contributed by atoms with Crippen LogP contribution in [0, 0.1) is 0 Å². The zero-order chi connectivity index (χ0) is 12.7. The Morgan fingerprint density at radius 2 is 2.35 bits per heavy atom. The zero-order valence-corrected chi connectivity index (χ0v) is 10.2. The lowest BCUT2D eigenvalue weighted by atomic mass is 9.89. The molecule has 17 heavy (non-hydrogen) atoms. The van der Waals surface area contributed by atoms with Gasteiger partial charge in [0.25, 0.3) is 0 Å². The van der Waals surface area contributed by atoms with Gasteiger partial charge in [0.15, 0.2) is 9.84 Å². The number of sulfone groups is 1. The number of aromatic nitrogens is 2. The second kappa shape index (κ2) is 3.83. The van der Waals surface area contributed by atoms with Crippen LogP contribution in [0.15, 0.2) is 6.20 Å². The second-order valence-corrected chi connectivity index (χ2v) is 6.91. The maximum atomic E-state index is 11.5. The predicted octanol–water partition coefficient (Wildman–Crippen LogP) is 0.113. The van der Waals surface area contributed by atoms with Crippen LogP contribution in [0.2, 0.25) is 0 Å². The number of H-pyrrole nitrogens is 1. The summed E-state index contributed by atoms with van der Waals surface area (Å²) in [6.45, 7) is 1.83. The first kappa shape index (κ1) is 12.1. The Kier molecular flexibility index (Phi) is 2.73. The highest BCUT2D eigenvalue weighted by Gasteiger charge is 2.41. The number of aliphatic carboxylic acids is 1. The number of rotatable bonds is 3. The number of carbonyl (C=O) groups is 1. The third-order valence-corrected chi connectivity index (χ3v) is 4.95. The van der Waals surface area contributed by atoms with Gasteiger partial charge in [0.05, 0.1) is 17.9 Å². The zero-order valence-electron chi connectivity index (χ0n) is 9.43. The Balaban J connectivity index is 2.23. The summed E-state index contributed by atoms with van der Waals surface area (Å²) in [6, 6.07) is 0. The van der Waals surface area contributed by atoms with Crippen molar-refractivity contribution in [1.29, 1.82) is 0 Å². The topological polar surface area (TPSA) is 100 Å². The van der Waals surface area contributed by atoms with Crippen molar-refractivity contribution >= 4 is 15.8 Å². The van der Waals surface area contributed by atoms with Gasteiger partial charge in [-0.05, 0) is 6.42 Å². The van der Waals surface area contributed by atoms with Crippen molar-refractivity contribution < 1.29 is 18.3 Å². The van der Waals surface area contributed by atoms with Crippen LogP contribution in [-0.2, 0) is 26.5 Å². The maximum Gasteiger partial charge on any atom is 0.309 e. The monoisotopic (exact) mass is 258 g/mol. The molecule has 0 amide bonds. The minimum Gasteiger partial charge on any atom is -0.481 e. The van der Waals surface area contributed by atoms with E-state index in [0.717, 1.165) is 0 Å². The maximum absolute atomic E-state index is 11.5. The number of carboxylic acid groups (broad SMARTS) is 1. The lowest BCUT2D eigenvalue weighted by Crippen LogP contribution is -2.25. The van der Waals surface area contributed by atoms with Gasteiger partial charge >= 0.3 is 5.97 Å². The van der Waals surface area contributed by atoms with Gasteiger partial charge in [-0.2, -0.15) is 0 Å².